The van der Waals surface area contributed by atoms with Gasteiger partial charge in [-0.3, -0.25) is 0 Å². The number of esters is 2. The van der Waals surface area contributed by atoms with Gasteiger partial charge in [-0.15, -0.1) is 0 Å². The lowest BCUT2D eigenvalue weighted by atomic mass is 10.0. The van der Waals surface area contributed by atoms with E-state index in [-0.39, 0.29) is 11.3 Å². The molecule has 7 nitrogen and oxygen atoms in total. The predicted molar refractivity (Wildman–Crippen MR) is 112 cm³/mol. The average molecular weight is 408 g/mol. The molecule has 1 aromatic heterocycles. The first-order chi connectivity index (χ1) is 14.5. The van der Waals surface area contributed by atoms with Crippen molar-refractivity contribution < 1.29 is 23.8 Å². The molecule has 0 N–H and O–H groups in total. The summed E-state index contributed by atoms with van der Waals surface area (Å²) in [5.41, 5.74) is 2.56. The molecule has 0 radical (unpaired) electrons. The summed E-state index contributed by atoms with van der Waals surface area (Å²) in [6.45, 7) is 4.54. The molecule has 0 aliphatic carbocycles. The van der Waals surface area contributed by atoms with E-state index in [1.807, 2.05) is 50.2 Å². The fourth-order valence-electron chi connectivity index (χ4n) is 3.07. The lowest BCUT2D eigenvalue weighted by Gasteiger charge is -2.10. The number of benzene rings is 2. The Morgan fingerprint density at radius 2 is 1.70 bits per heavy atom. The topological polar surface area (TPSA) is 79.7 Å². The first kappa shape index (κ1) is 21.1. The summed E-state index contributed by atoms with van der Waals surface area (Å²) in [6, 6.07) is 14.6. The van der Waals surface area contributed by atoms with Crippen molar-refractivity contribution in [1.29, 1.82) is 0 Å². The summed E-state index contributed by atoms with van der Waals surface area (Å²) in [5.74, 6) is -0.671. The molecule has 0 spiro atoms. The normalized spacial score (nSPS) is 10.5. The molecule has 0 aliphatic rings. The first-order valence-corrected chi connectivity index (χ1v) is 9.60. The number of aryl methyl sites for hydroxylation is 1. The van der Waals surface area contributed by atoms with Crippen LogP contribution in [0.3, 0.4) is 0 Å². The number of hydrogen-bond acceptors (Lipinski definition) is 6. The second-order valence-electron chi connectivity index (χ2n) is 6.63. The molecule has 0 saturated carbocycles. The van der Waals surface area contributed by atoms with Crippen molar-refractivity contribution in [2.45, 2.75) is 20.3 Å². The van der Waals surface area contributed by atoms with Gasteiger partial charge in [0.25, 0.3) is 0 Å². The maximum atomic E-state index is 12.7. The molecule has 0 saturated heterocycles. The number of para-hydroxylation sites is 1. The summed E-state index contributed by atoms with van der Waals surface area (Å²) < 4.78 is 17.1. The standard InChI is InChI=1S/C23H24N2O5/c1-5-13-30-18-14-16(12-11-15(18)2)20-19(22(26)28-3)21(23(27)29-4)25(24-20)17-9-7-6-8-10-17/h6-12,14H,5,13H2,1-4H3. The average Bonchev–Trinajstić information content (AvgIpc) is 3.18. The van der Waals surface area contributed by atoms with Crippen LogP contribution in [0.25, 0.3) is 16.9 Å². The molecule has 0 bridgehead atoms. The number of rotatable bonds is 7. The largest absolute Gasteiger partial charge is 0.493 e. The monoisotopic (exact) mass is 408 g/mol. The summed E-state index contributed by atoms with van der Waals surface area (Å²) in [4.78, 5) is 25.3. The number of carbonyl (C=O) groups is 2. The fraction of sp³-hybridized carbons (Fsp3) is 0.261. The minimum atomic E-state index is -0.687. The van der Waals surface area contributed by atoms with Crippen LogP contribution in [0.4, 0.5) is 0 Å². The van der Waals surface area contributed by atoms with Crippen LogP contribution >= 0.6 is 0 Å². The molecule has 156 valence electrons. The van der Waals surface area contributed by atoms with Gasteiger partial charge >= 0.3 is 11.9 Å². The van der Waals surface area contributed by atoms with Crippen LogP contribution in [0.5, 0.6) is 5.75 Å². The minimum absolute atomic E-state index is 0.00199. The van der Waals surface area contributed by atoms with Gasteiger partial charge in [-0.05, 0) is 37.1 Å². The van der Waals surface area contributed by atoms with Crippen LogP contribution in [0.2, 0.25) is 0 Å². The van der Waals surface area contributed by atoms with Gasteiger partial charge in [0.05, 0.1) is 26.5 Å². The number of methoxy groups -OCH3 is 2. The number of ether oxygens (including phenoxy) is 3. The van der Waals surface area contributed by atoms with Gasteiger partial charge in [0.2, 0.25) is 0 Å². The smallest absolute Gasteiger partial charge is 0.357 e. The Balaban J connectivity index is 2.28. The highest BCUT2D eigenvalue weighted by Crippen LogP contribution is 2.32. The molecule has 0 amide bonds. The van der Waals surface area contributed by atoms with Crippen molar-refractivity contribution in [2.24, 2.45) is 0 Å². The zero-order valence-corrected chi connectivity index (χ0v) is 17.5. The van der Waals surface area contributed by atoms with E-state index in [1.54, 1.807) is 12.1 Å². The highest BCUT2D eigenvalue weighted by Gasteiger charge is 2.31. The van der Waals surface area contributed by atoms with E-state index in [4.69, 9.17) is 14.2 Å². The van der Waals surface area contributed by atoms with Crippen LogP contribution in [-0.4, -0.2) is 42.5 Å². The molecule has 7 heteroatoms. The maximum Gasteiger partial charge on any atom is 0.357 e. The van der Waals surface area contributed by atoms with Crippen molar-refractivity contribution in [3.63, 3.8) is 0 Å². The Bertz CT molecular complexity index is 1060. The molecule has 3 rings (SSSR count). The molecule has 0 fully saturated rings. The fourth-order valence-corrected chi connectivity index (χ4v) is 3.07. The first-order valence-electron chi connectivity index (χ1n) is 9.60. The molecular weight excluding hydrogens is 384 g/mol. The summed E-state index contributed by atoms with van der Waals surface area (Å²) in [6.07, 6.45) is 0.867. The van der Waals surface area contributed by atoms with Gasteiger partial charge in [0.1, 0.15) is 17.0 Å². The zero-order valence-electron chi connectivity index (χ0n) is 17.5. The number of aromatic nitrogens is 2. The second-order valence-corrected chi connectivity index (χ2v) is 6.63. The SMILES string of the molecule is CCCOc1cc(-c2nn(-c3ccccc3)c(C(=O)OC)c2C(=O)OC)ccc1C. The Hall–Kier alpha value is -3.61. The van der Waals surface area contributed by atoms with Crippen LogP contribution in [-0.2, 0) is 9.47 Å². The Kier molecular flexibility index (Phi) is 6.51. The second kappa shape index (κ2) is 9.26. The number of carbonyl (C=O) groups excluding carboxylic acids is 2. The van der Waals surface area contributed by atoms with Crippen molar-refractivity contribution in [3.05, 3.63) is 65.4 Å². The third-order valence-electron chi connectivity index (χ3n) is 4.58. The van der Waals surface area contributed by atoms with Gasteiger partial charge in [0.15, 0.2) is 5.69 Å². The van der Waals surface area contributed by atoms with Gasteiger partial charge < -0.3 is 14.2 Å². The van der Waals surface area contributed by atoms with E-state index < -0.39 is 11.9 Å². The molecule has 30 heavy (non-hydrogen) atoms. The molecule has 0 aliphatic heterocycles. The highest BCUT2D eigenvalue weighted by atomic mass is 16.5. The van der Waals surface area contributed by atoms with Crippen LogP contribution < -0.4 is 4.74 Å². The Labute approximate surface area is 175 Å². The van der Waals surface area contributed by atoms with Crippen LogP contribution in [0, 0.1) is 6.92 Å². The lowest BCUT2D eigenvalue weighted by molar-refractivity contribution is 0.0549. The lowest BCUT2D eigenvalue weighted by Crippen LogP contribution is -2.15. The van der Waals surface area contributed by atoms with Crippen molar-refractivity contribution in [3.8, 4) is 22.7 Å². The predicted octanol–water partition coefficient (Wildman–Crippen LogP) is 4.21. The van der Waals surface area contributed by atoms with E-state index in [2.05, 4.69) is 5.10 Å². The summed E-state index contributed by atoms with van der Waals surface area (Å²) >= 11 is 0. The van der Waals surface area contributed by atoms with Crippen molar-refractivity contribution in [1.82, 2.24) is 9.78 Å². The minimum Gasteiger partial charge on any atom is -0.493 e. The van der Waals surface area contributed by atoms with E-state index in [9.17, 15) is 9.59 Å². The van der Waals surface area contributed by atoms with Crippen LogP contribution in [0.15, 0.2) is 48.5 Å². The molecule has 1 heterocycles. The van der Waals surface area contributed by atoms with Crippen molar-refractivity contribution >= 4 is 11.9 Å². The quantitative estimate of drug-likeness (QED) is 0.545. The molecular formula is C23H24N2O5. The molecule has 3 aromatic rings. The summed E-state index contributed by atoms with van der Waals surface area (Å²) in [5, 5.41) is 4.60. The highest BCUT2D eigenvalue weighted by molar-refractivity contribution is 6.06. The van der Waals surface area contributed by atoms with E-state index in [0.29, 0.717) is 29.3 Å². The third kappa shape index (κ3) is 4.05. The van der Waals surface area contributed by atoms with E-state index >= 15 is 0 Å². The van der Waals surface area contributed by atoms with E-state index in [1.165, 1.54) is 18.9 Å². The zero-order chi connectivity index (χ0) is 21.7. The van der Waals surface area contributed by atoms with Crippen molar-refractivity contribution in [2.75, 3.05) is 20.8 Å². The van der Waals surface area contributed by atoms with Gasteiger partial charge in [-0.1, -0.05) is 37.3 Å². The number of hydrogen-bond donors (Lipinski definition) is 0. The Morgan fingerprint density at radius 1 is 1.00 bits per heavy atom. The Morgan fingerprint density at radius 3 is 2.33 bits per heavy atom. The maximum absolute atomic E-state index is 12.7. The van der Waals surface area contributed by atoms with Gasteiger partial charge in [0, 0.05) is 5.56 Å². The van der Waals surface area contributed by atoms with Gasteiger partial charge in [-0.25, -0.2) is 14.3 Å². The molecule has 0 unspecified atom stereocenters. The molecule has 0 atom stereocenters. The van der Waals surface area contributed by atoms with E-state index in [0.717, 1.165) is 12.0 Å². The van der Waals surface area contributed by atoms with Gasteiger partial charge in [-0.2, -0.15) is 5.10 Å². The number of nitrogens with zero attached hydrogens (tertiary/aromatic N) is 2. The third-order valence-corrected chi connectivity index (χ3v) is 4.58. The van der Waals surface area contributed by atoms with Crippen LogP contribution in [0.1, 0.15) is 39.8 Å². The summed E-state index contributed by atoms with van der Waals surface area (Å²) in [7, 11) is 2.52. The molecule has 2 aromatic carbocycles.